The summed E-state index contributed by atoms with van der Waals surface area (Å²) < 4.78 is 1.93. The number of rotatable bonds is 4. The summed E-state index contributed by atoms with van der Waals surface area (Å²) in [6.45, 7) is 3.11. The lowest BCUT2D eigenvalue weighted by molar-refractivity contribution is -0.135. The Bertz CT molecular complexity index is 1090. The summed E-state index contributed by atoms with van der Waals surface area (Å²) in [6, 6.07) is 8.02. The van der Waals surface area contributed by atoms with Crippen LogP contribution in [0.1, 0.15) is 31.7 Å². The molecule has 6 nitrogen and oxygen atoms in total. The van der Waals surface area contributed by atoms with Crippen molar-refractivity contribution in [1.29, 1.82) is 0 Å². The molecule has 2 aliphatic heterocycles. The van der Waals surface area contributed by atoms with E-state index in [1.807, 2.05) is 39.9 Å². The molecule has 0 unspecified atom stereocenters. The van der Waals surface area contributed by atoms with Crippen LogP contribution in [-0.2, 0) is 16.1 Å². The van der Waals surface area contributed by atoms with Crippen molar-refractivity contribution in [3.8, 4) is 12.3 Å². The summed E-state index contributed by atoms with van der Waals surface area (Å²) in [5.41, 5.74) is 1.72. The SMILES string of the molecule is C#CCN1C(=O)S/C(=C\c2cn(CC(=O)N3CCCC[C@@H]3C)c3ccccc23)C1=O. The van der Waals surface area contributed by atoms with Crippen molar-refractivity contribution in [3.05, 3.63) is 40.9 Å². The lowest BCUT2D eigenvalue weighted by atomic mass is 10.0. The minimum absolute atomic E-state index is 0.0354. The molecule has 1 atom stereocenters. The molecule has 7 heteroatoms. The molecule has 0 aliphatic carbocycles. The number of terminal acetylenes is 1. The van der Waals surface area contributed by atoms with Crippen LogP contribution in [0, 0.1) is 12.3 Å². The Morgan fingerprint density at radius 1 is 1.30 bits per heavy atom. The number of aromatic nitrogens is 1. The summed E-state index contributed by atoms with van der Waals surface area (Å²) in [6.07, 6.45) is 12.1. The average molecular weight is 422 g/mol. The number of fused-ring (bicyclic) bond motifs is 1. The third-order valence-corrected chi connectivity index (χ3v) is 6.57. The van der Waals surface area contributed by atoms with Crippen molar-refractivity contribution >= 4 is 45.8 Å². The van der Waals surface area contributed by atoms with Crippen molar-refractivity contribution in [2.45, 2.75) is 38.8 Å². The molecule has 2 aliphatic rings. The number of carbonyl (C=O) groups is 3. The number of likely N-dealkylation sites (tertiary alicyclic amines) is 1. The van der Waals surface area contributed by atoms with Crippen LogP contribution in [0.25, 0.3) is 17.0 Å². The fraction of sp³-hybridized carbons (Fsp3) is 0.348. The van der Waals surface area contributed by atoms with E-state index in [4.69, 9.17) is 6.42 Å². The van der Waals surface area contributed by atoms with Gasteiger partial charge in [-0.05, 0) is 50.1 Å². The highest BCUT2D eigenvalue weighted by molar-refractivity contribution is 8.18. The van der Waals surface area contributed by atoms with Crippen molar-refractivity contribution in [2.75, 3.05) is 13.1 Å². The Morgan fingerprint density at radius 3 is 2.87 bits per heavy atom. The summed E-state index contributed by atoms with van der Waals surface area (Å²) in [7, 11) is 0. The first-order chi connectivity index (χ1) is 14.5. The van der Waals surface area contributed by atoms with Gasteiger partial charge in [0.2, 0.25) is 5.91 Å². The number of imide groups is 1. The van der Waals surface area contributed by atoms with Gasteiger partial charge in [0, 0.05) is 35.2 Å². The molecule has 0 spiro atoms. The molecule has 1 aromatic heterocycles. The third kappa shape index (κ3) is 3.75. The van der Waals surface area contributed by atoms with E-state index >= 15 is 0 Å². The number of piperidine rings is 1. The third-order valence-electron chi connectivity index (χ3n) is 5.66. The Hall–Kier alpha value is -2.98. The second kappa shape index (κ2) is 8.41. The van der Waals surface area contributed by atoms with Gasteiger partial charge in [-0.15, -0.1) is 6.42 Å². The van der Waals surface area contributed by atoms with Gasteiger partial charge in [0.05, 0.1) is 11.4 Å². The average Bonchev–Trinajstić information content (AvgIpc) is 3.21. The first-order valence-corrected chi connectivity index (χ1v) is 10.9. The van der Waals surface area contributed by atoms with Gasteiger partial charge in [0.25, 0.3) is 11.1 Å². The summed E-state index contributed by atoms with van der Waals surface area (Å²) in [5.74, 6) is 2.07. The number of benzene rings is 1. The van der Waals surface area contributed by atoms with Crippen LogP contribution in [0.5, 0.6) is 0 Å². The Kier molecular flexibility index (Phi) is 5.69. The van der Waals surface area contributed by atoms with Gasteiger partial charge in [-0.3, -0.25) is 19.3 Å². The summed E-state index contributed by atoms with van der Waals surface area (Å²) in [4.78, 5) is 40.9. The lowest BCUT2D eigenvalue weighted by Crippen LogP contribution is -2.43. The van der Waals surface area contributed by atoms with E-state index in [1.165, 1.54) is 0 Å². The minimum Gasteiger partial charge on any atom is -0.338 e. The smallest absolute Gasteiger partial charge is 0.294 e. The van der Waals surface area contributed by atoms with E-state index in [-0.39, 0.29) is 36.2 Å². The predicted octanol–water partition coefficient (Wildman–Crippen LogP) is 3.71. The largest absolute Gasteiger partial charge is 0.338 e. The fourth-order valence-electron chi connectivity index (χ4n) is 4.10. The van der Waals surface area contributed by atoms with Gasteiger partial charge in [0.15, 0.2) is 0 Å². The van der Waals surface area contributed by atoms with Crippen LogP contribution in [0.2, 0.25) is 0 Å². The van der Waals surface area contributed by atoms with Crippen LogP contribution in [-0.4, -0.2) is 50.6 Å². The van der Waals surface area contributed by atoms with Gasteiger partial charge in [-0.2, -0.15) is 0 Å². The Balaban J connectivity index is 1.65. The molecule has 1 aromatic carbocycles. The number of hydrogen-bond acceptors (Lipinski definition) is 4. The maximum absolute atomic E-state index is 12.9. The molecule has 3 heterocycles. The summed E-state index contributed by atoms with van der Waals surface area (Å²) >= 11 is 0.890. The highest BCUT2D eigenvalue weighted by Crippen LogP contribution is 2.34. The van der Waals surface area contributed by atoms with Crippen molar-refractivity contribution in [1.82, 2.24) is 14.4 Å². The Labute approximate surface area is 179 Å². The zero-order valence-corrected chi connectivity index (χ0v) is 17.7. The standard InChI is InChI=1S/C23H23N3O3S/c1-3-11-26-22(28)20(30-23(26)29)13-17-14-24(19-10-5-4-9-18(17)19)15-21(27)25-12-7-6-8-16(25)2/h1,4-5,9-10,13-14,16H,6-8,11-12,15H2,2H3/b20-13-/t16-/m0/s1. The van der Waals surface area contributed by atoms with Gasteiger partial charge in [-0.1, -0.05) is 24.1 Å². The molecule has 0 bridgehead atoms. The number of amides is 3. The Morgan fingerprint density at radius 2 is 2.10 bits per heavy atom. The summed E-state index contributed by atoms with van der Waals surface area (Å²) in [5, 5.41) is 0.572. The number of para-hydroxylation sites is 1. The van der Waals surface area contributed by atoms with E-state index in [0.717, 1.165) is 58.9 Å². The van der Waals surface area contributed by atoms with Crippen molar-refractivity contribution in [3.63, 3.8) is 0 Å². The van der Waals surface area contributed by atoms with Crippen LogP contribution in [0.15, 0.2) is 35.4 Å². The van der Waals surface area contributed by atoms with E-state index in [1.54, 1.807) is 6.08 Å². The highest BCUT2D eigenvalue weighted by Gasteiger charge is 2.34. The molecule has 0 saturated carbocycles. The molecule has 154 valence electrons. The van der Waals surface area contributed by atoms with Crippen LogP contribution in [0.4, 0.5) is 4.79 Å². The zero-order valence-electron chi connectivity index (χ0n) is 16.8. The first kappa shape index (κ1) is 20.3. The fourth-order valence-corrected chi connectivity index (χ4v) is 4.92. The zero-order chi connectivity index (χ0) is 21.3. The number of hydrogen-bond donors (Lipinski definition) is 0. The van der Waals surface area contributed by atoms with Gasteiger partial charge >= 0.3 is 0 Å². The molecular formula is C23H23N3O3S. The molecule has 4 rings (SSSR count). The second-order valence-corrected chi connectivity index (χ2v) is 8.63. The molecule has 30 heavy (non-hydrogen) atoms. The number of nitrogens with zero attached hydrogens (tertiary/aromatic N) is 3. The van der Waals surface area contributed by atoms with Crippen molar-refractivity contribution < 1.29 is 14.4 Å². The first-order valence-electron chi connectivity index (χ1n) is 10.1. The van der Waals surface area contributed by atoms with Gasteiger partial charge in [0.1, 0.15) is 6.54 Å². The van der Waals surface area contributed by atoms with Crippen LogP contribution in [0.3, 0.4) is 0 Å². The number of carbonyl (C=O) groups excluding carboxylic acids is 3. The number of thioether (sulfide) groups is 1. The molecule has 0 N–H and O–H groups in total. The highest BCUT2D eigenvalue weighted by atomic mass is 32.2. The van der Waals surface area contributed by atoms with E-state index in [0.29, 0.717) is 4.91 Å². The predicted molar refractivity (Wildman–Crippen MR) is 118 cm³/mol. The van der Waals surface area contributed by atoms with E-state index < -0.39 is 0 Å². The maximum atomic E-state index is 12.9. The minimum atomic E-state index is -0.377. The van der Waals surface area contributed by atoms with Crippen molar-refractivity contribution in [2.24, 2.45) is 0 Å². The van der Waals surface area contributed by atoms with Gasteiger partial charge < -0.3 is 9.47 Å². The molecule has 3 amide bonds. The van der Waals surface area contributed by atoms with Crippen LogP contribution < -0.4 is 0 Å². The maximum Gasteiger partial charge on any atom is 0.294 e. The van der Waals surface area contributed by atoms with E-state index in [2.05, 4.69) is 12.8 Å². The molecule has 2 fully saturated rings. The molecule has 2 aromatic rings. The molecule has 0 radical (unpaired) electrons. The van der Waals surface area contributed by atoms with Crippen LogP contribution >= 0.6 is 11.8 Å². The van der Waals surface area contributed by atoms with Gasteiger partial charge in [-0.25, -0.2) is 0 Å². The molecule has 2 saturated heterocycles. The molecular weight excluding hydrogens is 398 g/mol. The monoisotopic (exact) mass is 421 g/mol. The van der Waals surface area contributed by atoms with E-state index in [9.17, 15) is 14.4 Å². The normalized spacial score (nSPS) is 20.9. The topological polar surface area (TPSA) is 62.6 Å². The quantitative estimate of drug-likeness (QED) is 0.558. The second-order valence-electron chi connectivity index (χ2n) is 7.63. The lowest BCUT2D eigenvalue weighted by Gasteiger charge is -2.33.